The number of ether oxygens (including phenoxy) is 1. The largest absolute Gasteiger partial charge is 0.396 e. The van der Waals surface area contributed by atoms with Crippen molar-refractivity contribution in [1.82, 2.24) is 4.90 Å². The van der Waals surface area contributed by atoms with E-state index in [0.29, 0.717) is 48.6 Å². The van der Waals surface area contributed by atoms with Gasteiger partial charge in [-0.05, 0) is 56.9 Å². The predicted molar refractivity (Wildman–Crippen MR) is 145 cm³/mol. The molecule has 2 bridgehead atoms. The van der Waals surface area contributed by atoms with Crippen LogP contribution in [0.25, 0.3) is 0 Å². The second kappa shape index (κ2) is 10.7. The Hall–Kier alpha value is -2.94. The number of fused-ring (bicyclic) bond motifs is 1. The highest BCUT2D eigenvalue weighted by Gasteiger charge is 2.77. The highest BCUT2D eigenvalue weighted by molar-refractivity contribution is 6.33. The molecule has 0 radical (unpaired) electrons. The van der Waals surface area contributed by atoms with E-state index in [0.717, 1.165) is 12.8 Å². The average Bonchev–Trinajstić information content (AvgIpc) is 3.46. The van der Waals surface area contributed by atoms with Gasteiger partial charge in [0.15, 0.2) is 0 Å². The Morgan fingerprint density at radius 3 is 2.45 bits per heavy atom. The van der Waals surface area contributed by atoms with Crippen LogP contribution in [-0.2, 0) is 19.1 Å². The Bertz CT molecular complexity index is 1210. The van der Waals surface area contributed by atoms with Crippen molar-refractivity contribution in [2.24, 2.45) is 11.8 Å². The van der Waals surface area contributed by atoms with E-state index in [1.165, 1.54) is 0 Å². The lowest BCUT2D eigenvalue weighted by Crippen LogP contribution is -2.53. The number of anilines is 2. The van der Waals surface area contributed by atoms with Crippen molar-refractivity contribution >= 4 is 40.7 Å². The van der Waals surface area contributed by atoms with Crippen LogP contribution in [0.2, 0.25) is 5.02 Å². The maximum absolute atomic E-state index is 14.1. The molecule has 9 heteroatoms. The van der Waals surface area contributed by atoms with E-state index in [1.54, 1.807) is 41.3 Å². The van der Waals surface area contributed by atoms with E-state index in [1.807, 2.05) is 25.1 Å². The Labute approximate surface area is 227 Å². The van der Waals surface area contributed by atoms with Crippen LogP contribution >= 0.6 is 11.6 Å². The number of nitrogens with one attached hydrogen (secondary N) is 2. The third-order valence-electron chi connectivity index (χ3n) is 8.29. The molecule has 2 unspecified atom stereocenters. The molecule has 2 aromatic carbocycles. The molecule has 5 atom stereocenters. The molecule has 3 amide bonds. The fourth-order valence-electron chi connectivity index (χ4n) is 6.62. The Balaban J connectivity index is 1.46. The van der Waals surface area contributed by atoms with E-state index >= 15 is 0 Å². The number of halogens is 1. The first kappa shape index (κ1) is 26.7. The first-order chi connectivity index (χ1) is 18.3. The molecule has 3 fully saturated rings. The number of rotatable bonds is 10. The molecule has 0 aliphatic carbocycles. The van der Waals surface area contributed by atoms with Crippen LogP contribution in [0.1, 0.15) is 45.4 Å². The van der Waals surface area contributed by atoms with Gasteiger partial charge in [-0.1, -0.05) is 54.8 Å². The van der Waals surface area contributed by atoms with Crippen molar-refractivity contribution in [3.05, 3.63) is 59.6 Å². The number of para-hydroxylation sites is 2. The van der Waals surface area contributed by atoms with Crippen molar-refractivity contribution in [2.45, 2.75) is 62.7 Å². The van der Waals surface area contributed by atoms with Gasteiger partial charge in [-0.25, -0.2) is 0 Å². The van der Waals surface area contributed by atoms with Gasteiger partial charge < -0.3 is 25.4 Å². The molecule has 3 aliphatic rings. The molecule has 8 nitrogen and oxygen atoms in total. The van der Waals surface area contributed by atoms with E-state index in [-0.39, 0.29) is 24.3 Å². The molecule has 202 valence electrons. The zero-order valence-electron chi connectivity index (χ0n) is 21.5. The minimum atomic E-state index is -1.10. The Morgan fingerprint density at radius 2 is 1.71 bits per heavy atom. The van der Waals surface area contributed by atoms with E-state index in [2.05, 4.69) is 10.6 Å². The maximum Gasteiger partial charge on any atom is 0.250 e. The fraction of sp³-hybridized carbons (Fsp3) is 0.483. The Kier molecular flexibility index (Phi) is 7.49. The van der Waals surface area contributed by atoms with E-state index < -0.39 is 29.1 Å². The summed E-state index contributed by atoms with van der Waals surface area (Å²) in [6.45, 7) is 2.38. The zero-order chi connectivity index (χ0) is 26.9. The normalized spacial score (nSPS) is 29.4. The van der Waals surface area contributed by atoms with Crippen molar-refractivity contribution in [1.29, 1.82) is 0 Å². The summed E-state index contributed by atoms with van der Waals surface area (Å²) in [7, 11) is 0. The predicted octanol–water partition coefficient (Wildman–Crippen LogP) is 4.23. The third-order valence-corrected chi connectivity index (χ3v) is 8.62. The number of nitrogens with zero attached hydrogens (tertiary/aromatic N) is 1. The highest BCUT2D eigenvalue weighted by atomic mass is 35.5. The summed E-state index contributed by atoms with van der Waals surface area (Å²) in [5, 5.41) is 15.4. The SMILES string of the molecule is C[C@@]12CCC3(O1)C(C(=O)Nc1ccccc1Cl)N(CCCCCCO)C(=O)[C@@H]3[C@@H]2C(=O)Nc1ccccc1. The monoisotopic (exact) mass is 539 g/mol. The van der Waals surface area contributed by atoms with Gasteiger partial charge in [-0.2, -0.15) is 0 Å². The van der Waals surface area contributed by atoms with Gasteiger partial charge in [0.25, 0.3) is 0 Å². The number of aliphatic hydroxyl groups excluding tert-OH is 1. The number of benzene rings is 2. The van der Waals surface area contributed by atoms with Crippen LogP contribution < -0.4 is 10.6 Å². The van der Waals surface area contributed by atoms with E-state index in [9.17, 15) is 14.4 Å². The minimum Gasteiger partial charge on any atom is -0.396 e. The van der Waals surface area contributed by atoms with Crippen LogP contribution in [-0.4, -0.2) is 58.1 Å². The smallest absolute Gasteiger partial charge is 0.250 e. The van der Waals surface area contributed by atoms with Gasteiger partial charge in [0, 0.05) is 18.8 Å². The molecule has 38 heavy (non-hydrogen) atoms. The van der Waals surface area contributed by atoms with E-state index in [4.69, 9.17) is 21.4 Å². The second-order valence-electron chi connectivity index (χ2n) is 10.7. The number of likely N-dealkylation sites (tertiary alicyclic amines) is 1. The topological polar surface area (TPSA) is 108 Å². The van der Waals surface area contributed by atoms with Crippen molar-refractivity contribution in [2.75, 3.05) is 23.8 Å². The fourth-order valence-corrected chi connectivity index (χ4v) is 6.80. The third kappa shape index (κ3) is 4.59. The average molecular weight is 540 g/mol. The maximum atomic E-state index is 14.1. The number of hydrogen-bond donors (Lipinski definition) is 3. The highest BCUT2D eigenvalue weighted by Crippen LogP contribution is 2.63. The summed E-state index contributed by atoms with van der Waals surface area (Å²) in [6, 6.07) is 15.2. The molecule has 3 saturated heterocycles. The summed E-state index contributed by atoms with van der Waals surface area (Å²) in [6.07, 6.45) is 4.11. The number of carbonyl (C=O) groups is 3. The lowest BCUT2D eigenvalue weighted by molar-refractivity contribution is -0.143. The van der Waals surface area contributed by atoms with Crippen molar-refractivity contribution in [3.8, 4) is 0 Å². The van der Waals surface area contributed by atoms with Crippen LogP contribution in [0.4, 0.5) is 11.4 Å². The van der Waals surface area contributed by atoms with Gasteiger partial charge in [-0.15, -0.1) is 0 Å². The number of aliphatic hydroxyl groups is 1. The molecular weight excluding hydrogens is 506 g/mol. The van der Waals surface area contributed by atoms with Gasteiger partial charge >= 0.3 is 0 Å². The van der Waals surface area contributed by atoms with Gasteiger partial charge in [0.1, 0.15) is 11.6 Å². The second-order valence-corrected chi connectivity index (χ2v) is 11.1. The van der Waals surface area contributed by atoms with Gasteiger partial charge in [0.05, 0.1) is 28.1 Å². The summed E-state index contributed by atoms with van der Waals surface area (Å²) >= 11 is 6.32. The molecule has 0 aromatic heterocycles. The first-order valence-corrected chi connectivity index (χ1v) is 13.7. The standard InChI is InChI=1S/C29H34ClN3O5/c1-28-15-16-29(38-28)23(22(28)25(35)31-19-11-5-4-6-12-19)27(37)33(17-9-2-3-10-18-34)24(29)26(36)32-21-14-8-7-13-20(21)30/h4-8,11-14,22-24,34H,2-3,9-10,15-18H2,1H3,(H,31,35)(H,32,36)/t22-,23+,24?,28+,29?/m1/s1. The minimum absolute atomic E-state index is 0.126. The Morgan fingerprint density at radius 1 is 1.00 bits per heavy atom. The van der Waals surface area contributed by atoms with Crippen molar-refractivity contribution in [3.63, 3.8) is 0 Å². The number of carbonyl (C=O) groups excluding carboxylic acids is 3. The lowest BCUT2D eigenvalue weighted by Gasteiger charge is -2.33. The summed E-state index contributed by atoms with van der Waals surface area (Å²) in [5.41, 5.74) is -0.834. The quantitative estimate of drug-likeness (QED) is 0.391. The number of amides is 3. The first-order valence-electron chi connectivity index (χ1n) is 13.3. The zero-order valence-corrected chi connectivity index (χ0v) is 22.2. The summed E-state index contributed by atoms with van der Waals surface area (Å²) in [4.78, 5) is 43.2. The molecule has 3 N–H and O–H groups in total. The molecular formula is C29H34ClN3O5. The molecule has 2 aromatic rings. The molecule has 3 heterocycles. The molecule has 0 saturated carbocycles. The van der Waals surface area contributed by atoms with Crippen LogP contribution in [0.5, 0.6) is 0 Å². The number of hydrogen-bond acceptors (Lipinski definition) is 5. The van der Waals surface area contributed by atoms with Gasteiger partial charge in [-0.3, -0.25) is 14.4 Å². The van der Waals surface area contributed by atoms with Crippen LogP contribution in [0.3, 0.4) is 0 Å². The number of unbranched alkanes of at least 4 members (excludes halogenated alkanes) is 3. The lowest BCUT2D eigenvalue weighted by atomic mass is 9.66. The molecule has 1 spiro atoms. The van der Waals surface area contributed by atoms with Gasteiger partial charge in [0.2, 0.25) is 17.7 Å². The molecule has 3 aliphatic heterocycles. The molecule has 5 rings (SSSR count). The summed E-state index contributed by atoms with van der Waals surface area (Å²) < 4.78 is 6.64. The van der Waals surface area contributed by atoms with Crippen LogP contribution in [0.15, 0.2) is 54.6 Å². The van der Waals surface area contributed by atoms with Crippen LogP contribution in [0, 0.1) is 11.8 Å². The van der Waals surface area contributed by atoms with Crippen molar-refractivity contribution < 1.29 is 24.2 Å². The summed E-state index contributed by atoms with van der Waals surface area (Å²) in [5.74, 6) is -2.34.